The first-order valence-electron chi connectivity index (χ1n) is 7.55. The van der Waals surface area contributed by atoms with Crippen LogP contribution in [-0.4, -0.2) is 27.3 Å². The van der Waals surface area contributed by atoms with Gasteiger partial charge in [0.25, 0.3) is 0 Å². The van der Waals surface area contributed by atoms with Gasteiger partial charge in [-0.05, 0) is 69.3 Å². The van der Waals surface area contributed by atoms with Crippen molar-refractivity contribution >= 4 is 9.84 Å². The van der Waals surface area contributed by atoms with Crippen molar-refractivity contribution in [2.75, 3.05) is 12.8 Å². The summed E-state index contributed by atoms with van der Waals surface area (Å²) in [5.74, 6) is 0.266. The molecule has 0 aromatic heterocycles. The Labute approximate surface area is 122 Å². The van der Waals surface area contributed by atoms with Gasteiger partial charge in [-0.2, -0.15) is 0 Å². The van der Waals surface area contributed by atoms with E-state index in [4.69, 9.17) is 0 Å². The molecule has 0 amide bonds. The number of rotatable bonds is 7. The quantitative estimate of drug-likeness (QED) is 0.787. The van der Waals surface area contributed by atoms with E-state index in [0.717, 1.165) is 38.5 Å². The van der Waals surface area contributed by atoms with Crippen molar-refractivity contribution in [2.24, 2.45) is 0 Å². The van der Waals surface area contributed by atoms with Crippen molar-refractivity contribution in [2.45, 2.75) is 56.4 Å². The smallest absolute Gasteiger partial charge is 0.178 e. The molecule has 0 heterocycles. The number of fused-ring (bicyclic) bond motifs is 1. The second-order valence-corrected chi connectivity index (χ2v) is 7.90. The molecule has 0 spiro atoms. The van der Waals surface area contributed by atoms with Gasteiger partial charge in [0.2, 0.25) is 0 Å². The first-order valence-corrected chi connectivity index (χ1v) is 9.20. The average molecular weight is 295 g/mol. The highest BCUT2D eigenvalue weighted by Gasteiger charge is 2.18. The van der Waals surface area contributed by atoms with Crippen LogP contribution in [0.15, 0.2) is 23.1 Å². The molecular weight excluding hydrogens is 270 g/mol. The molecule has 0 bridgehead atoms. The molecule has 1 N–H and O–H groups in total. The van der Waals surface area contributed by atoms with Gasteiger partial charge in [0.1, 0.15) is 0 Å². The van der Waals surface area contributed by atoms with Crippen LogP contribution in [0, 0.1) is 0 Å². The molecule has 0 saturated heterocycles. The number of hydrogen-bond acceptors (Lipinski definition) is 3. The Morgan fingerprint density at radius 3 is 2.70 bits per heavy atom. The van der Waals surface area contributed by atoms with Crippen LogP contribution in [-0.2, 0) is 22.7 Å². The van der Waals surface area contributed by atoms with E-state index < -0.39 is 9.84 Å². The van der Waals surface area contributed by atoms with Crippen LogP contribution in [0.1, 0.15) is 43.7 Å². The van der Waals surface area contributed by atoms with E-state index >= 15 is 0 Å². The van der Waals surface area contributed by atoms with Crippen LogP contribution in [0.4, 0.5) is 0 Å². The fourth-order valence-electron chi connectivity index (χ4n) is 2.75. The highest BCUT2D eigenvalue weighted by molar-refractivity contribution is 7.91. The van der Waals surface area contributed by atoms with Crippen LogP contribution in [0.5, 0.6) is 0 Å². The first-order chi connectivity index (χ1) is 9.53. The molecule has 1 aromatic carbocycles. The fourth-order valence-corrected chi connectivity index (χ4v) is 4.16. The molecular formula is C16H25NO2S. The lowest BCUT2D eigenvalue weighted by molar-refractivity contribution is 0.533. The van der Waals surface area contributed by atoms with Crippen molar-refractivity contribution in [1.82, 2.24) is 5.32 Å². The van der Waals surface area contributed by atoms with E-state index in [1.807, 2.05) is 19.2 Å². The molecule has 1 aliphatic carbocycles. The molecule has 1 aromatic rings. The number of nitrogens with one attached hydrogen (secondary N) is 1. The summed E-state index contributed by atoms with van der Waals surface area (Å²) in [4.78, 5) is 0.514. The molecule has 0 aliphatic heterocycles. The third-order valence-corrected chi connectivity index (χ3v) is 6.02. The minimum Gasteiger partial charge on any atom is -0.317 e. The van der Waals surface area contributed by atoms with Gasteiger partial charge >= 0.3 is 0 Å². The lowest BCUT2D eigenvalue weighted by Crippen LogP contribution is -2.21. The van der Waals surface area contributed by atoms with Crippen molar-refractivity contribution in [3.8, 4) is 0 Å². The molecule has 1 unspecified atom stereocenters. The van der Waals surface area contributed by atoms with Crippen molar-refractivity contribution < 1.29 is 8.42 Å². The molecule has 0 fully saturated rings. The predicted molar refractivity (Wildman–Crippen MR) is 82.9 cm³/mol. The molecule has 112 valence electrons. The summed E-state index contributed by atoms with van der Waals surface area (Å²) in [5.41, 5.74) is 2.56. The van der Waals surface area contributed by atoms with E-state index in [1.165, 1.54) is 11.1 Å². The second-order valence-electron chi connectivity index (χ2n) is 5.79. The van der Waals surface area contributed by atoms with Gasteiger partial charge in [-0.1, -0.05) is 12.5 Å². The molecule has 1 atom stereocenters. The minimum absolute atomic E-state index is 0.266. The van der Waals surface area contributed by atoms with Crippen LogP contribution in [0.25, 0.3) is 0 Å². The summed E-state index contributed by atoms with van der Waals surface area (Å²) in [5, 5.41) is 3.17. The molecule has 20 heavy (non-hydrogen) atoms. The van der Waals surface area contributed by atoms with E-state index in [9.17, 15) is 8.42 Å². The standard InChI is InChI=1S/C16H25NO2S/c1-13(17-2)6-3-4-11-20(18,19)16-10-9-14-7-5-8-15(14)12-16/h9-10,12-13,17H,3-8,11H2,1-2H3. The maximum absolute atomic E-state index is 12.3. The molecule has 0 saturated carbocycles. The van der Waals surface area contributed by atoms with Crippen molar-refractivity contribution in [3.05, 3.63) is 29.3 Å². The van der Waals surface area contributed by atoms with Gasteiger partial charge in [-0.25, -0.2) is 8.42 Å². The van der Waals surface area contributed by atoms with Gasteiger partial charge in [0, 0.05) is 6.04 Å². The Kier molecular flexibility index (Phi) is 5.22. The van der Waals surface area contributed by atoms with Gasteiger partial charge in [0.05, 0.1) is 10.6 Å². The van der Waals surface area contributed by atoms with Crippen LogP contribution >= 0.6 is 0 Å². The summed E-state index contributed by atoms with van der Waals surface area (Å²) in [6.45, 7) is 2.12. The SMILES string of the molecule is CNC(C)CCCCS(=O)(=O)c1ccc2c(c1)CCC2. The zero-order valence-electron chi connectivity index (χ0n) is 12.5. The van der Waals surface area contributed by atoms with Crippen molar-refractivity contribution in [1.29, 1.82) is 0 Å². The zero-order valence-corrected chi connectivity index (χ0v) is 13.3. The molecule has 3 nitrogen and oxygen atoms in total. The summed E-state index contributed by atoms with van der Waals surface area (Å²) < 4.78 is 24.7. The minimum atomic E-state index is -3.11. The Balaban J connectivity index is 1.93. The molecule has 0 radical (unpaired) electrons. The molecule has 2 rings (SSSR count). The highest BCUT2D eigenvalue weighted by Crippen LogP contribution is 2.25. The maximum atomic E-state index is 12.3. The second kappa shape index (κ2) is 6.72. The van der Waals surface area contributed by atoms with Crippen LogP contribution in [0.2, 0.25) is 0 Å². The molecule has 1 aliphatic rings. The Hall–Kier alpha value is -0.870. The topological polar surface area (TPSA) is 46.2 Å². The lowest BCUT2D eigenvalue weighted by Gasteiger charge is -2.10. The van der Waals surface area contributed by atoms with Gasteiger partial charge in [0.15, 0.2) is 9.84 Å². The average Bonchev–Trinajstić information content (AvgIpc) is 2.90. The van der Waals surface area contributed by atoms with Crippen LogP contribution < -0.4 is 5.32 Å². The first kappa shape index (κ1) is 15.5. The summed E-state index contributed by atoms with van der Waals surface area (Å²) in [6, 6.07) is 6.14. The monoisotopic (exact) mass is 295 g/mol. The summed E-state index contributed by atoms with van der Waals surface area (Å²) in [7, 11) is -1.17. The van der Waals surface area contributed by atoms with Gasteiger partial charge in [-0.15, -0.1) is 0 Å². The number of benzene rings is 1. The molecule has 4 heteroatoms. The van der Waals surface area contributed by atoms with Crippen molar-refractivity contribution in [3.63, 3.8) is 0 Å². The van der Waals surface area contributed by atoms with E-state index in [0.29, 0.717) is 10.9 Å². The van der Waals surface area contributed by atoms with Gasteiger partial charge < -0.3 is 5.32 Å². The number of sulfone groups is 1. The van der Waals surface area contributed by atoms with Gasteiger partial charge in [-0.3, -0.25) is 0 Å². The fraction of sp³-hybridized carbons (Fsp3) is 0.625. The predicted octanol–water partition coefficient (Wildman–Crippen LogP) is 2.73. The highest BCUT2D eigenvalue weighted by atomic mass is 32.2. The summed E-state index contributed by atoms with van der Waals surface area (Å²) in [6.07, 6.45) is 5.99. The lowest BCUT2D eigenvalue weighted by atomic mass is 10.1. The van der Waals surface area contributed by atoms with E-state index in [1.54, 1.807) is 6.07 Å². The largest absolute Gasteiger partial charge is 0.317 e. The Morgan fingerprint density at radius 1 is 1.20 bits per heavy atom. The summed E-state index contributed by atoms with van der Waals surface area (Å²) >= 11 is 0. The number of aryl methyl sites for hydroxylation is 2. The number of hydrogen-bond donors (Lipinski definition) is 1. The third kappa shape index (κ3) is 3.83. The third-order valence-electron chi connectivity index (χ3n) is 4.22. The maximum Gasteiger partial charge on any atom is 0.178 e. The number of unbranched alkanes of at least 4 members (excludes halogenated alkanes) is 1. The van der Waals surface area contributed by atoms with E-state index in [2.05, 4.69) is 12.2 Å². The Morgan fingerprint density at radius 2 is 1.95 bits per heavy atom. The normalized spacial score (nSPS) is 16.1. The zero-order chi connectivity index (χ0) is 14.6. The Bertz CT molecular complexity index is 552. The van der Waals surface area contributed by atoms with Crippen LogP contribution in [0.3, 0.4) is 0 Å². The van der Waals surface area contributed by atoms with E-state index in [-0.39, 0.29) is 5.75 Å².